The van der Waals surface area contributed by atoms with Gasteiger partial charge in [-0.1, -0.05) is 28.1 Å². The van der Waals surface area contributed by atoms with Crippen molar-refractivity contribution in [3.63, 3.8) is 0 Å². The molecule has 1 aliphatic rings. The van der Waals surface area contributed by atoms with Gasteiger partial charge in [0.15, 0.2) is 0 Å². The third kappa shape index (κ3) is 2.31. The monoisotopic (exact) mass is 283 g/mol. The van der Waals surface area contributed by atoms with E-state index in [1.165, 1.54) is 5.56 Å². The zero-order valence-corrected chi connectivity index (χ0v) is 11.4. The summed E-state index contributed by atoms with van der Waals surface area (Å²) >= 11 is 3.49. The zero-order valence-electron chi connectivity index (χ0n) is 9.83. The number of aryl methyl sites for hydroxylation is 1. The fourth-order valence-electron chi connectivity index (χ4n) is 2.21. The molecule has 1 N–H and O–H groups in total. The second kappa shape index (κ2) is 4.47. The first-order valence-electron chi connectivity index (χ1n) is 5.69. The Hall–Kier alpha value is -0.380. The lowest BCUT2D eigenvalue weighted by Crippen LogP contribution is -2.40. The molecule has 0 aromatic heterocycles. The molecule has 88 valence electrons. The normalized spacial score (nSPS) is 21.0. The van der Waals surface area contributed by atoms with Crippen molar-refractivity contribution in [2.45, 2.75) is 25.4 Å². The summed E-state index contributed by atoms with van der Waals surface area (Å²) in [5.74, 6) is 0. The number of hydrogen-bond donors (Lipinski definition) is 1. The fourth-order valence-corrected chi connectivity index (χ4v) is 2.46. The van der Waals surface area contributed by atoms with E-state index in [4.69, 9.17) is 0 Å². The zero-order chi connectivity index (χ0) is 11.8. The summed E-state index contributed by atoms with van der Waals surface area (Å²) in [6, 6.07) is 6.15. The number of halogens is 1. The van der Waals surface area contributed by atoms with Gasteiger partial charge < -0.3 is 10.0 Å². The Labute approximate surface area is 105 Å². The molecule has 0 radical (unpaired) electrons. The highest BCUT2D eigenvalue weighted by atomic mass is 79.9. The molecule has 2 rings (SSSR count). The number of likely N-dealkylation sites (tertiary alicyclic amines) is 1. The molecule has 0 amide bonds. The van der Waals surface area contributed by atoms with Crippen LogP contribution in [0.5, 0.6) is 0 Å². The van der Waals surface area contributed by atoms with Gasteiger partial charge in [0.1, 0.15) is 0 Å². The predicted octanol–water partition coefficient (Wildman–Crippen LogP) is 2.67. The van der Waals surface area contributed by atoms with Crippen molar-refractivity contribution in [2.75, 3.05) is 20.1 Å². The summed E-state index contributed by atoms with van der Waals surface area (Å²) in [5, 5.41) is 10.6. The van der Waals surface area contributed by atoms with Crippen LogP contribution in [0.3, 0.4) is 0 Å². The Bertz CT molecular complexity index is 384. The molecule has 0 atom stereocenters. The van der Waals surface area contributed by atoms with Gasteiger partial charge >= 0.3 is 0 Å². The molecule has 2 nitrogen and oxygen atoms in total. The smallest absolute Gasteiger partial charge is 0.0921 e. The van der Waals surface area contributed by atoms with E-state index in [2.05, 4.69) is 40.9 Å². The highest BCUT2D eigenvalue weighted by molar-refractivity contribution is 9.10. The van der Waals surface area contributed by atoms with E-state index in [1.54, 1.807) is 0 Å². The minimum atomic E-state index is -0.627. The average molecular weight is 284 g/mol. The van der Waals surface area contributed by atoms with Crippen molar-refractivity contribution in [3.8, 4) is 0 Å². The lowest BCUT2D eigenvalue weighted by molar-refractivity contribution is -0.0203. The molecule has 0 bridgehead atoms. The van der Waals surface area contributed by atoms with Gasteiger partial charge in [0, 0.05) is 17.6 Å². The summed E-state index contributed by atoms with van der Waals surface area (Å²) in [4.78, 5) is 2.26. The second-order valence-electron chi connectivity index (χ2n) is 4.80. The maximum atomic E-state index is 10.6. The Balaban J connectivity index is 2.25. The Kier molecular flexibility index (Phi) is 3.38. The second-order valence-corrected chi connectivity index (χ2v) is 5.65. The third-order valence-electron chi connectivity index (χ3n) is 3.51. The van der Waals surface area contributed by atoms with E-state index >= 15 is 0 Å². The Morgan fingerprint density at radius 3 is 2.50 bits per heavy atom. The quantitative estimate of drug-likeness (QED) is 0.857. The van der Waals surface area contributed by atoms with E-state index in [9.17, 15) is 5.11 Å². The fraction of sp³-hybridized carbons (Fsp3) is 0.538. The van der Waals surface area contributed by atoms with Crippen LogP contribution >= 0.6 is 15.9 Å². The highest BCUT2D eigenvalue weighted by Crippen LogP contribution is 2.33. The molecule has 0 unspecified atom stereocenters. The summed E-state index contributed by atoms with van der Waals surface area (Å²) in [7, 11) is 2.10. The van der Waals surface area contributed by atoms with E-state index in [0.717, 1.165) is 36.0 Å². The van der Waals surface area contributed by atoms with Gasteiger partial charge in [-0.2, -0.15) is 0 Å². The van der Waals surface area contributed by atoms with Crippen molar-refractivity contribution < 1.29 is 5.11 Å². The van der Waals surface area contributed by atoms with Gasteiger partial charge in [-0.15, -0.1) is 0 Å². The van der Waals surface area contributed by atoms with E-state index in [1.807, 2.05) is 12.1 Å². The maximum absolute atomic E-state index is 10.6. The van der Waals surface area contributed by atoms with Crippen LogP contribution in [0.1, 0.15) is 24.0 Å². The predicted molar refractivity (Wildman–Crippen MR) is 69.5 cm³/mol. The highest BCUT2D eigenvalue weighted by Gasteiger charge is 2.32. The van der Waals surface area contributed by atoms with Crippen LogP contribution in [0, 0.1) is 6.92 Å². The standard InChI is InChI=1S/C13H18BrNO/c1-10-9-11(3-4-12(10)14)13(16)5-7-15(2)8-6-13/h3-4,9,16H,5-8H2,1-2H3. The molecule has 1 saturated heterocycles. The number of hydrogen-bond acceptors (Lipinski definition) is 2. The van der Waals surface area contributed by atoms with Crippen LogP contribution in [-0.4, -0.2) is 30.1 Å². The molecule has 0 aliphatic carbocycles. The van der Waals surface area contributed by atoms with Gasteiger partial charge in [-0.25, -0.2) is 0 Å². The van der Waals surface area contributed by atoms with Gasteiger partial charge in [0.25, 0.3) is 0 Å². The molecule has 1 aromatic rings. The van der Waals surface area contributed by atoms with Crippen molar-refractivity contribution in [3.05, 3.63) is 33.8 Å². The van der Waals surface area contributed by atoms with Gasteiger partial charge in [0.05, 0.1) is 5.60 Å². The minimum Gasteiger partial charge on any atom is -0.385 e. The molecule has 0 spiro atoms. The van der Waals surface area contributed by atoms with Crippen molar-refractivity contribution in [2.24, 2.45) is 0 Å². The van der Waals surface area contributed by atoms with Gasteiger partial charge in [-0.3, -0.25) is 0 Å². The molecule has 0 saturated carbocycles. The lowest BCUT2D eigenvalue weighted by Gasteiger charge is -2.37. The van der Waals surface area contributed by atoms with Crippen LogP contribution in [0.2, 0.25) is 0 Å². The van der Waals surface area contributed by atoms with Crippen LogP contribution in [0.15, 0.2) is 22.7 Å². The lowest BCUT2D eigenvalue weighted by atomic mass is 9.84. The van der Waals surface area contributed by atoms with E-state index in [-0.39, 0.29) is 0 Å². The largest absolute Gasteiger partial charge is 0.385 e. The molecular formula is C13H18BrNO. The first kappa shape index (κ1) is 12.1. The molecule has 1 fully saturated rings. The minimum absolute atomic E-state index is 0.627. The number of aliphatic hydroxyl groups is 1. The maximum Gasteiger partial charge on any atom is 0.0921 e. The molecule has 1 aliphatic heterocycles. The van der Waals surface area contributed by atoms with Crippen molar-refractivity contribution in [1.29, 1.82) is 0 Å². The summed E-state index contributed by atoms with van der Waals surface area (Å²) in [6.45, 7) is 3.99. The first-order chi connectivity index (χ1) is 7.51. The number of benzene rings is 1. The van der Waals surface area contributed by atoms with E-state index in [0.29, 0.717) is 0 Å². The molecule has 3 heteroatoms. The number of nitrogens with zero attached hydrogens (tertiary/aromatic N) is 1. The Morgan fingerprint density at radius 1 is 1.31 bits per heavy atom. The summed E-state index contributed by atoms with van der Waals surface area (Å²) in [6.07, 6.45) is 1.65. The van der Waals surface area contributed by atoms with Crippen LogP contribution < -0.4 is 0 Å². The third-order valence-corrected chi connectivity index (χ3v) is 4.40. The number of piperidine rings is 1. The van der Waals surface area contributed by atoms with Crippen LogP contribution in [0.4, 0.5) is 0 Å². The Morgan fingerprint density at radius 2 is 1.94 bits per heavy atom. The summed E-state index contributed by atoms with van der Waals surface area (Å²) in [5.41, 5.74) is 1.61. The van der Waals surface area contributed by atoms with Crippen molar-refractivity contribution >= 4 is 15.9 Å². The van der Waals surface area contributed by atoms with Crippen molar-refractivity contribution in [1.82, 2.24) is 4.90 Å². The molecule has 16 heavy (non-hydrogen) atoms. The average Bonchev–Trinajstić information content (AvgIpc) is 2.26. The molecule has 1 aromatic carbocycles. The topological polar surface area (TPSA) is 23.5 Å². The van der Waals surface area contributed by atoms with Gasteiger partial charge in [0.2, 0.25) is 0 Å². The van der Waals surface area contributed by atoms with Crippen LogP contribution in [-0.2, 0) is 5.60 Å². The number of rotatable bonds is 1. The SMILES string of the molecule is Cc1cc(C2(O)CCN(C)CC2)ccc1Br. The molecule has 1 heterocycles. The first-order valence-corrected chi connectivity index (χ1v) is 6.48. The molecular weight excluding hydrogens is 266 g/mol. The van der Waals surface area contributed by atoms with Gasteiger partial charge in [-0.05, 0) is 44.0 Å². The summed E-state index contributed by atoms with van der Waals surface area (Å²) < 4.78 is 1.10. The van der Waals surface area contributed by atoms with Crippen LogP contribution in [0.25, 0.3) is 0 Å². The van der Waals surface area contributed by atoms with E-state index < -0.39 is 5.60 Å².